The predicted octanol–water partition coefficient (Wildman–Crippen LogP) is 4.56. The van der Waals surface area contributed by atoms with E-state index in [0.29, 0.717) is 23.8 Å². The number of hydrogen-bond donors (Lipinski definition) is 1. The summed E-state index contributed by atoms with van der Waals surface area (Å²) >= 11 is 0. The van der Waals surface area contributed by atoms with Crippen LogP contribution in [-0.4, -0.2) is 41.3 Å². The fraction of sp³-hybridized carbons (Fsp3) is 0.480. The molecule has 0 aliphatic heterocycles. The van der Waals surface area contributed by atoms with Crippen LogP contribution in [0.1, 0.15) is 62.3 Å². The van der Waals surface area contributed by atoms with Gasteiger partial charge in [-0.1, -0.05) is 13.8 Å². The van der Waals surface area contributed by atoms with Crippen LogP contribution in [0.5, 0.6) is 11.5 Å². The van der Waals surface area contributed by atoms with Crippen molar-refractivity contribution in [3.63, 3.8) is 0 Å². The highest BCUT2D eigenvalue weighted by molar-refractivity contribution is 7.92. The van der Waals surface area contributed by atoms with Gasteiger partial charge in [0.2, 0.25) is 15.9 Å². The summed E-state index contributed by atoms with van der Waals surface area (Å²) in [7, 11) is -0.258. The molecule has 0 unspecified atom stereocenters. The molecule has 0 radical (unpaired) electrons. The minimum absolute atomic E-state index is 0.119. The van der Waals surface area contributed by atoms with Crippen molar-refractivity contribution in [1.29, 1.82) is 0 Å². The number of hydrogen-bond acceptors (Lipinski definition) is 5. The zero-order valence-electron chi connectivity index (χ0n) is 20.6. The van der Waals surface area contributed by atoms with Gasteiger partial charge in [0.25, 0.3) is 0 Å². The minimum atomic E-state index is -3.48. The Morgan fingerprint density at radius 1 is 1.03 bits per heavy atom. The second-order valence-corrected chi connectivity index (χ2v) is 10.4. The lowest BCUT2D eigenvalue weighted by atomic mass is 9.93. The van der Waals surface area contributed by atoms with Crippen LogP contribution in [0, 0.1) is 6.92 Å². The molecular formula is C25H36N2O5S. The van der Waals surface area contributed by atoms with Crippen LogP contribution in [0.15, 0.2) is 36.4 Å². The second-order valence-electron chi connectivity index (χ2n) is 8.53. The van der Waals surface area contributed by atoms with E-state index in [1.54, 1.807) is 38.5 Å². The molecule has 0 bridgehead atoms. The van der Waals surface area contributed by atoms with Crippen LogP contribution >= 0.6 is 0 Å². The maximum Gasteiger partial charge on any atom is 0.232 e. The Bertz CT molecular complexity index is 1050. The molecule has 1 N–H and O–H groups in total. The fourth-order valence-electron chi connectivity index (χ4n) is 3.82. The van der Waals surface area contributed by atoms with E-state index in [4.69, 9.17) is 9.47 Å². The SMILES string of the molecule is COc1ccc(N(CCCC(=O)N[C@H](C)c2cc(C(C)C)c(OC)cc2C)S(C)(=O)=O)cc1. The van der Waals surface area contributed by atoms with Crippen LogP contribution in [0.2, 0.25) is 0 Å². The number of anilines is 1. The summed E-state index contributed by atoms with van der Waals surface area (Å²) < 4.78 is 36.5. The number of sulfonamides is 1. The molecule has 0 aromatic heterocycles. The number of nitrogens with one attached hydrogen (secondary N) is 1. The van der Waals surface area contributed by atoms with Crippen molar-refractivity contribution in [3.8, 4) is 11.5 Å². The molecule has 0 heterocycles. The number of aryl methyl sites for hydroxylation is 1. The van der Waals surface area contributed by atoms with Gasteiger partial charge in [-0.15, -0.1) is 0 Å². The maximum absolute atomic E-state index is 12.6. The van der Waals surface area contributed by atoms with Crippen LogP contribution in [0.4, 0.5) is 5.69 Å². The topological polar surface area (TPSA) is 84.9 Å². The van der Waals surface area contributed by atoms with Crippen molar-refractivity contribution in [2.75, 3.05) is 31.3 Å². The quantitative estimate of drug-likeness (QED) is 0.514. The molecule has 0 spiro atoms. The normalized spacial score (nSPS) is 12.4. The summed E-state index contributed by atoms with van der Waals surface area (Å²) in [6, 6.07) is 10.7. The van der Waals surface area contributed by atoms with Crippen LogP contribution in [0.3, 0.4) is 0 Å². The smallest absolute Gasteiger partial charge is 0.232 e. The predicted molar refractivity (Wildman–Crippen MR) is 133 cm³/mol. The van der Waals surface area contributed by atoms with Gasteiger partial charge < -0.3 is 14.8 Å². The second kappa shape index (κ2) is 11.4. The molecule has 1 atom stereocenters. The van der Waals surface area contributed by atoms with Crippen molar-refractivity contribution in [1.82, 2.24) is 5.32 Å². The molecule has 0 saturated heterocycles. The maximum atomic E-state index is 12.6. The summed E-state index contributed by atoms with van der Waals surface area (Å²) in [4.78, 5) is 12.6. The molecule has 0 aliphatic rings. The molecule has 2 aromatic carbocycles. The number of amides is 1. The number of ether oxygens (including phenoxy) is 2. The molecule has 182 valence electrons. The van der Waals surface area contributed by atoms with Crippen LogP contribution in [-0.2, 0) is 14.8 Å². The van der Waals surface area contributed by atoms with Gasteiger partial charge >= 0.3 is 0 Å². The summed E-state index contributed by atoms with van der Waals surface area (Å²) in [5.74, 6) is 1.67. The van der Waals surface area contributed by atoms with E-state index >= 15 is 0 Å². The van der Waals surface area contributed by atoms with Crippen molar-refractivity contribution in [2.45, 2.75) is 52.5 Å². The van der Waals surface area contributed by atoms with E-state index in [-0.39, 0.29) is 24.9 Å². The van der Waals surface area contributed by atoms with Crippen molar-refractivity contribution < 1.29 is 22.7 Å². The van der Waals surface area contributed by atoms with E-state index in [0.717, 1.165) is 28.7 Å². The monoisotopic (exact) mass is 476 g/mol. The van der Waals surface area contributed by atoms with Gasteiger partial charge in [0.15, 0.2) is 0 Å². The van der Waals surface area contributed by atoms with Gasteiger partial charge in [-0.05, 0) is 79.3 Å². The molecule has 0 aliphatic carbocycles. The molecule has 7 nitrogen and oxygen atoms in total. The first-order valence-corrected chi connectivity index (χ1v) is 12.9. The Kier molecular flexibility index (Phi) is 9.16. The number of benzene rings is 2. The third kappa shape index (κ3) is 7.12. The summed E-state index contributed by atoms with van der Waals surface area (Å²) in [5, 5.41) is 3.04. The summed E-state index contributed by atoms with van der Waals surface area (Å²) in [6.45, 7) is 8.39. The van der Waals surface area contributed by atoms with E-state index in [9.17, 15) is 13.2 Å². The molecule has 1 amide bonds. The van der Waals surface area contributed by atoms with E-state index in [1.165, 1.54) is 4.31 Å². The number of carbonyl (C=O) groups is 1. The van der Waals surface area contributed by atoms with Crippen molar-refractivity contribution >= 4 is 21.6 Å². The highest BCUT2D eigenvalue weighted by Gasteiger charge is 2.19. The Morgan fingerprint density at radius 2 is 1.67 bits per heavy atom. The van der Waals surface area contributed by atoms with Gasteiger partial charge in [0, 0.05) is 13.0 Å². The first-order chi connectivity index (χ1) is 15.5. The molecule has 33 heavy (non-hydrogen) atoms. The number of nitrogens with zero attached hydrogens (tertiary/aromatic N) is 1. The van der Waals surface area contributed by atoms with Crippen LogP contribution < -0.4 is 19.1 Å². The number of carbonyl (C=O) groups excluding carboxylic acids is 1. The summed E-state index contributed by atoms with van der Waals surface area (Å²) in [5.41, 5.74) is 3.74. The molecule has 2 aromatic rings. The Labute approximate surface area is 198 Å². The lowest BCUT2D eigenvalue weighted by Crippen LogP contribution is -2.32. The molecule has 8 heteroatoms. The lowest BCUT2D eigenvalue weighted by Gasteiger charge is -2.23. The number of methoxy groups -OCH3 is 2. The zero-order valence-corrected chi connectivity index (χ0v) is 21.5. The van der Waals surface area contributed by atoms with Gasteiger partial charge in [0.05, 0.1) is 32.2 Å². The van der Waals surface area contributed by atoms with Gasteiger partial charge in [-0.3, -0.25) is 9.10 Å². The van der Waals surface area contributed by atoms with Gasteiger partial charge in [-0.2, -0.15) is 0 Å². The van der Waals surface area contributed by atoms with E-state index in [1.807, 2.05) is 19.9 Å². The third-order valence-electron chi connectivity index (χ3n) is 5.61. The zero-order chi connectivity index (χ0) is 24.8. The highest BCUT2D eigenvalue weighted by atomic mass is 32.2. The Balaban J connectivity index is 2.03. The van der Waals surface area contributed by atoms with Gasteiger partial charge in [0.1, 0.15) is 11.5 Å². The minimum Gasteiger partial charge on any atom is -0.497 e. The average Bonchev–Trinajstić information content (AvgIpc) is 2.75. The van der Waals surface area contributed by atoms with Crippen molar-refractivity contribution in [3.05, 3.63) is 53.1 Å². The average molecular weight is 477 g/mol. The lowest BCUT2D eigenvalue weighted by molar-refractivity contribution is -0.121. The first-order valence-electron chi connectivity index (χ1n) is 11.1. The number of rotatable bonds is 11. The third-order valence-corrected chi connectivity index (χ3v) is 6.80. The standard InChI is InChI=1S/C25H36N2O5S/c1-17(2)22-16-23(18(3)15-24(22)32-6)19(4)26-25(28)9-8-14-27(33(7,29)30)20-10-12-21(31-5)13-11-20/h10-13,15-17,19H,8-9,14H2,1-7H3,(H,26,28)/t19-/m1/s1. The Hall–Kier alpha value is -2.74. The van der Waals surface area contributed by atoms with E-state index < -0.39 is 10.0 Å². The molecular weight excluding hydrogens is 440 g/mol. The largest absolute Gasteiger partial charge is 0.497 e. The van der Waals surface area contributed by atoms with Crippen molar-refractivity contribution in [2.24, 2.45) is 0 Å². The highest BCUT2D eigenvalue weighted by Crippen LogP contribution is 2.32. The van der Waals surface area contributed by atoms with E-state index in [2.05, 4.69) is 25.2 Å². The van der Waals surface area contributed by atoms with Gasteiger partial charge in [-0.25, -0.2) is 8.42 Å². The Morgan fingerprint density at radius 3 is 2.18 bits per heavy atom. The summed E-state index contributed by atoms with van der Waals surface area (Å²) in [6.07, 6.45) is 1.79. The molecule has 2 rings (SSSR count). The first kappa shape index (κ1) is 26.5. The molecule has 0 fully saturated rings. The molecule has 0 saturated carbocycles. The fourth-order valence-corrected chi connectivity index (χ4v) is 4.79. The van der Waals surface area contributed by atoms with Crippen LogP contribution in [0.25, 0.3) is 0 Å².